The number of hydrogen-bond donors (Lipinski definition) is 2. The first kappa shape index (κ1) is 25.3. The van der Waals surface area contributed by atoms with Crippen molar-refractivity contribution in [3.8, 4) is 0 Å². The number of benzene rings is 2. The molecule has 0 aliphatic carbocycles. The third kappa shape index (κ3) is 4.79. The lowest BCUT2D eigenvalue weighted by Gasteiger charge is -2.29. The Bertz CT molecular complexity index is 1150. The Morgan fingerprint density at radius 1 is 1.00 bits per heavy atom. The van der Waals surface area contributed by atoms with Crippen LogP contribution in [-0.2, 0) is 21.9 Å². The van der Waals surface area contributed by atoms with Gasteiger partial charge in [0.25, 0.3) is 11.7 Å². The number of carbonyl (C=O) groups is 2. The number of β-amino-alcohol motifs (C(OH)–C–C–N with tert-alkyl or cyclic N) is 1. The van der Waals surface area contributed by atoms with Crippen LogP contribution in [0, 0.1) is 6.92 Å². The molecule has 11 heteroatoms. The summed E-state index contributed by atoms with van der Waals surface area (Å²) in [6.45, 7) is 2.34. The highest BCUT2D eigenvalue weighted by atomic mass is 19.4. The van der Waals surface area contributed by atoms with Crippen LogP contribution >= 0.6 is 0 Å². The Labute approximate surface area is 189 Å². The summed E-state index contributed by atoms with van der Waals surface area (Å²) in [5, 5.41) is 20.6. The number of halogens is 6. The molecule has 0 spiro atoms. The van der Waals surface area contributed by atoms with Crippen LogP contribution in [-0.4, -0.2) is 39.5 Å². The van der Waals surface area contributed by atoms with E-state index in [1.165, 1.54) is 19.1 Å². The predicted molar refractivity (Wildman–Crippen MR) is 108 cm³/mol. The maximum absolute atomic E-state index is 13.9. The zero-order chi connectivity index (χ0) is 25.6. The lowest BCUT2D eigenvalue weighted by atomic mass is 9.90. The van der Waals surface area contributed by atoms with E-state index in [-0.39, 0.29) is 11.6 Å². The Morgan fingerprint density at radius 2 is 1.59 bits per heavy atom. The van der Waals surface area contributed by atoms with E-state index < -0.39 is 70.8 Å². The first-order valence-electron chi connectivity index (χ1n) is 9.94. The van der Waals surface area contributed by atoms with Crippen LogP contribution in [0.1, 0.15) is 40.8 Å². The molecule has 1 aliphatic rings. The summed E-state index contributed by atoms with van der Waals surface area (Å²) in [6.07, 6.45) is -11.7. The molecule has 5 nitrogen and oxygen atoms in total. The van der Waals surface area contributed by atoms with Crippen LogP contribution in [0.2, 0.25) is 0 Å². The van der Waals surface area contributed by atoms with E-state index in [9.17, 15) is 46.1 Å². The van der Waals surface area contributed by atoms with E-state index in [1.807, 2.05) is 0 Å². The van der Waals surface area contributed by atoms with Crippen LogP contribution in [0.3, 0.4) is 0 Å². The molecule has 1 amide bonds. The topological polar surface area (TPSA) is 77.8 Å². The number of aryl methyl sites for hydroxylation is 1. The Morgan fingerprint density at radius 3 is 2.09 bits per heavy atom. The van der Waals surface area contributed by atoms with Crippen molar-refractivity contribution in [2.24, 2.45) is 0 Å². The zero-order valence-electron chi connectivity index (χ0n) is 17.8. The van der Waals surface area contributed by atoms with Crippen molar-refractivity contribution >= 4 is 17.4 Å². The van der Waals surface area contributed by atoms with Crippen molar-refractivity contribution in [1.29, 1.82) is 0 Å². The van der Waals surface area contributed by atoms with Gasteiger partial charge in [0, 0.05) is 12.1 Å². The molecule has 2 atom stereocenters. The summed E-state index contributed by atoms with van der Waals surface area (Å²) >= 11 is 0. The van der Waals surface area contributed by atoms with Crippen LogP contribution < -0.4 is 0 Å². The third-order valence-corrected chi connectivity index (χ3v) is 5.31. The van der Waals surface area contributed by atoms with Crippen molar-refractivity contribution in [2.75, 3.05) is 6.54 Å². The SMILES string of the molecule is Cc1ccc(/C(O)=C2\C(=O)C(=O)N(CC(C)O)C2c2ccc(C(F)(F)F)cc2C(F)(F)F)cc1. The molecule has 182 valence electrons. The molecule has 0 aromatic heterocycles. The average Bonchev–Trinajstić information content (AvgIpc) is 2.96. The van der Waals surface area contributed by atoms with Gasteiger partial charge in [-0.15, -0.1) is 0 Å². The molecule has 2 aromatic rings. The molecule has 2 aromatic carbocycles. The smallest absolute Gasteiger partial charge is 0.416 e. The number of rotatable bonds is 4. The second-order valence-corrected chi connectivity index (χ2v) is 7.96. The van der Waals surface area contributed by atoms with Gasteiger partial charge in [0.1, 0.15) is 5.76 Å². The molecule has 34 heavy (non-hydrogen) atoms. The van der Waals surface area contributed by atoms with Crippen molar-refractivity contribution < 1.29 is 46.1 Å². The van der Waals surface area contributed by atoms with E-state index in [0.29, 0.717) is 17.0 Å². The summed E-state index contributed by atoms with van der Waals surface area (Å²) < 4.78 is 81.0. The minimum atomic E-state index is -5.29. The fourth-order valence-corrected chi connectivity index (χ4v) is 3.76. The van der Waals surface area contributed by atoms with E-state index in [2.05, 4.69) is 0 Å². The maximum Gasteiger partial charge on any atom is 0.416 e. The van der Waals surface area contributed by atoms with E-state index in [1.54, 1.807) is 19.1 Å². The average molecular weight is 487 g/mol. The molecule has 1 heterocycles. The first-order valence-corrected chi connectivity index (χ1v) is 9.94. The molecule has 0 radical (unpaired) electrons. The van der Waals surface area contributed by atoms with E-state index in [4.69, 9.17) is 0 Å². The molecule has 3 rings (SSSR count). The number of aliphatic hydroxyl groups is 2. The van der Waals surface area contributed by atoms with Crippen LogP contribution in [0.5, 0.6) is 0 Å². The fraction of sp³-hybridized carbons (Fsp3) is 0.304. The van der Waals surface area contributed by atoms with Gasteiger partial charge in [0.2, 0.25) is 0 Å². The highest BCUT2D eigenvalue weighted by Crippen LogP contribution is 2.46. The minimum absolute atomic E-state index is 0.0196. The van der Waals surface area contributed by atoms with Gasteiger partial charge < -0.3 is 15.1 Å². The van der Waals surface area contributed by atoms with Gasteiger partial charge in [-0.2, -0.15) is 26.3 Å². The highest BCUT2D eigenvalue weighted by Gasteiger charge is 2.50. The fourth-order valence-electron chi connectivity index (χ4n) is 3.76. The largest absolute Gasteiger partial charge is 0.507 e. The second kappa shape index (κ2) is 8.79. The van der Waals surface area contributed by atoms with Gasteiger partial charge in [-0.3, -0.25) is 9.59 Å². The van der Waals surface area contributed by atoms with E-state index >= 15 is 0 Å². The number of alkyl halides is 6. The minimum Gasteiger partial charge on any atom is -0.507 e. The van der Waals surface area contributed by atoms with Crippen LogP contribution in [0.25, 0.3) is 5.76 Å². The molecule has 1 saturated heterocycles. The normalized spacial score (nSPS) is 19.6. The number of Topliss-reactive ketones (excluding diaryl/α,β-unsaturated/α-hetero) is 1. The predicted octanol–water partition coefficient (Wildman–Crippen LogP) is 4.84. The number of hydrogen-bond acceptors (Lipinski definition) is 4. The lowest BCUT2D eigenvalue weighted by molar-refractivity contribution is -0.144. The summed E-state index contributed by atoms with van der Waals surface area (Å²) in [6, 6.07) is 4.80. The number of ketones is 1. The van der Waals surface area contributed by atoms with E-state index in [0.717, 1.165) is 5.56 Å². The molecule has 0 bridgehead atoms. The number of carbonyl (C=O) groups excluding carboxylic acids is 2. The number of aliphatic hydroxyl groups excluding tert-OH is 2. The molecule has 1 fully saturated rings. The summed E-state index contributed by atoms with van der Waals surface area (Å²) in [7, 11) is 0. The molecule has 2 N–H and O–H groups in total. The monoisotopic (exact) mass is 487 g/mol. The second-order valence-electron chi connectivity index (χ2n) is 7.96. The van der Waals surface area contributed by atoms with Crippen LogP contribution in [0.4, 0.5) is 26.3 Å². The summed E-state index contributed by atoms with van der Waals surface area (Å²) in [5.41, 5.74) is -4.07. The van der Waals surface area contributed by atoms with Gasteiger partial charge >= 0.3 is 12.4 Å². The molecular formula is C23H19F6NO4. The third-order valence-electron chi connectivity index (χ3n) is 5.31. The van der Waals surface area contributed by atoms with Crippen molar-refractivity contribution in [1.82, 2.24) is 4.90 Å². The van der Waals surface area contributed by atoms with Gasteiger partial charge in [0.05, 0.1) is 28.8 Å². The number of likely N-dealkylation sites (tertiary alicyclic amines) is 1. The van der Waals surface area contributed by atoms with Gasteiger partial charge in [-0.25, -0.2) is 0 Å². The molecule has 0 saturated carbocycles. The van der Waals surface area contributed by atoms with Crippen LogP contribution in [0.15, 0.2) is 48.0 Å². The summed E-state index contributed by atoms with van der Waals surface area (Å²) in [5.74, 6) is -3.41. The first-order chi connectivity index (χ1) is 15.6. The Hall–Kier alpha value is -3.34. The quantitative estimate of drug-likeness (QED) is 0.280. The lowest BCUT2D eigenvalue weighted by Crippen LogP contribution is -2.36. The molecule has 2 unspecified atom stereocenters. The maximum atomic E-state index is 13.9. The molecule has 1 aliphatic heterocycles. The number of nitrogens with zero attached hydrogens (tertiary/aromatic N) is 1. The van der Waals surface area contributed by atoms with Crippen molar-refractivity contribution in [3.05, 3.63) is 75.9 Å². The zero-order valence-corrected chi connectivity index (χ0v) is 17.8. The molecular weight excluding hydrogens is 468 g/mol. The van der Waals surface area contributed by atoms with Crippen molar-refractivity contribution in [3.63, 3.8) is 0 Å². The van der Waals surface area contributed by atoms with Gasteiger partial charge in [-0.1, -0.05) is 35.9 Å². The highest BCUT2D eigenvalue weighted by molar-refractivity contribution is 6.46. The Balaban J connectivity index is 2.33. The standard InChI is InChI=1S/C23H19F6NO4/c1-11-3-5-13(6-4-11)19(32)17-18(30(10-12(2)31)21(34)20(17)33)15-8-7-14(22(24,25)26)9-16(15)23(27,28)29/h3-9,12,18,31-32H,10H2,1-2H3/b19-17+. The number of amides is 1. The Kier molecular flexibility index (Phi) is 6.53. The summed E-state index contributed by atoms with van der Waals surface area (Å²) in [4.78, 5) is 26.1. The van der Waals surface area contributed by atoms with Gasteiger partial charge in [0.15, 0.2) is 0 Å². The van der Waals surface area contributed by atoms with Gasteiger partial charge in [-0.05, 0) is 31.5 Å². The van der Waals surface area contributed by atoms with Crippen molar-refractivity contribution in [2.45, 2.75) is 38.3 Å².